The number of carbonyl (C=O) groups excluding carboxylic acids is 1. The van der Waals surface area contributed by atoms with E-state index < -0.39 is 18.2 Å². The zero-order chi connectivity index (χ0) is 12.4. The third-order valence-corrected chi connectivity index (χ3v) is 2.21. The van der Waals surface area contributed by atoms with E-state index in [2.05, 4.69) is 6.58 Å². The average Bonchev–Trinajstić information content (AvgIpc) is 2.21. The molecular formula is C12H22O4. The number of rotatable bonds is 9. The molecule has 0 amide bonds. The van der Waals surface area contributed by atoms with E-state index in [4.69, 9.17) is 9.84 Å². The van der Waals surface area contributed by atoms with Crippen molar-refractivity contribution in [2.24, 2.45) is 0 Å². The van der Waals surface area contributed by atoms with E-state index in [0.717, 1.165) is 25.3 Å². The van der Waals surface area contributed by atoms with Crippen LogP contribution >= 0.6 is 0 Å². The number of ether oxygens (including phenoxy) is 1. The first-order valence-corrected chi connectivity index (χ1v) is 5.71. The predicted molar refractivity (Wildman–Crippen MR) is 61.9 cm³/mol. The number of carbonyl (C=O) groups is 1. The van der Waals surface area contributed by atoms with Crippen LogP contribution in [0.25, 0.3) is 0 Å². The van der Waals surface area contributed by atoms with Crippen LogP contribution in [0.3, 0.4) is 0 Å². The summed E-state index contributed by atoms with van der Waals surface area (Å²) in [5, 5.41) is 18.5. The predicted octanol–water partition coefficient (Wildman–Crippen LogP) is 1.41. The molecule has 0 aliphatic rings. The molecule has 2 unspecified atom stereocenters. The fourth-order valence-corrected chi connectivity index (χ4v) is 1.40. The highest BCUT2D eigenvalue weighted by atomic mass is 16.5. The summed E-state index contributed by atoms with van der Waals surface area (Å²) >= 11 is 0. The second kappa shape index (κ2) is 9.36. The Balaban J connectivity index is 3.26. The highest BCUT2D eigenvalue weighted by molar-refractivity contribution is 5.81. The molecule has 0 fully saturated rings. The lowest BCUT2D eigenvalue weighted by Gasteiger charge is -2.11. The van der Waals surface area contributed by atoms with Crippen LogP contribution in [0.2, 0.25) is 0 Å². The van der Waals surface area contributed by atoms with Gasteiger partial charge in [-0.15, -0.1) is 0 Å². The summed E-state index contributed by atoms with van der Waals surface area (Å²) in [5.74, 6) is -0.394. The number of unbranched alkanes of at least 4 members (excludes halogenated alkanes) is 2. The minimum Gasteiger partial charge on any atom is -0.463 e. The molecule has 0 rings (SSSR count). The molecule has 16 heavy (non-hydrogen) atoms. The summed E-state index contributed by atoms with van der Waals surface area (Å²) in [6.07, 6.45) is 3.93. The summed E-state index contributed by atoms with van der Waals surface area (Å²) in [5.41, 5.74) is 0. The van der Waals surface area contributed by atoms with Gasteiger partial charge < -0.3 is 14.9 Å². The van der Waals surface area contributed by atoms with Crippen LogP contribution < -0.4 is 0 Å². The van der Waals surface area contributed by atoms with Crippen molar-refractivity contribution in [3.05, 3.63) is 12.7 Å². The highest BCUT2D eigenvalue weighted by Gasteiger charge is 2.07. The van der Waals surface area contributed by atoms with E-state index in [1.807, 2.05) is 0 Å². The summed E-state index contributed by atoms with van der Waals surface area (Å²) in [7, 11) is 0. The Morgan fingerprint density at radius 1 is 1.38 bits per heavy atom. The lowest BCUT2D eigenvalue weighted by Crippen LogP contribution is -2.14. The zero-order valence-electron chi connectivity index (χ0n) is 9.89. The second-order valence-electron chi connectivity index (χ2n) is 3.96. The van der Waals surface area contributed by atoms with Crippen molar-refractivity contribution in [2.45, 2.75) is 51.2 Å². The largest absolute Gasteiger partial charge is 0.463 e. The zero-order valence-corrected chi connectivity index (χ0v) is 9.89. The van der Waals surface area contributed by atoms with Crippen molar-refractivity contribution >= 4 is 5.97 Å². The highest BCUT2D eigenvalue weighted by Crippen LogP contribution is 2.08. The van der Waals surface area contributed by atoms with Gasteiger partial charge >= 0.3 is 5.97 Å². The molecule has 0 saturated heterocycles. The van der Waals surface area contributed by atoms with E-state index in [9.17, 15) is 9.90 Å². The minimum absolute atomic E-state index is 0.394. The Morgan fingerprint density at radius 2 is 2.06 bits per heavy atom. The number of hydrogen-bond donors (Lipinski definition) is 2. The normalized spacial score (nSPS) is 14.2. The van der Waals surface area contributed by atoms with Crippen LogP contribution in [0, 0.1) is 0 Å². The topological polar surface area (TPSA) is 66.8 Å². The molecule has 0 saturated carbocycles. The van der Waals surface area contributed by atoms with Crippen LogP contribution in [0.5, 0.6) is 0 Å². The van der Waals surface area contributed by atoms with Crippen LogP contribution in [0.15, 0.2) is 12.7 Å². The number of esters is 1. The first-order chi connectivity index (χ1) is 7.56. The molecule has 0 aromatic rings. The van der Waals surface area contributed by atoms with Gasteiger partial charge in [-0.3, -0.25) is 0 Å². The molecule has 4 heteroatoms. The van der Waals surface area contributed by atoms with E-state index >= 15 is 0 Å². The molecule has 0 aliphatic heterocycles. The van der Waals surface area contributed by atoms with Crippen molar-refractivity contribution in [3.63, 3.8) is 0 Å². The van der Waals surface area contributed by atoms with E-state index in [-0.39, 0.29) is 0 Å². The third kappa shape index (κ3) is 9.68. The van der Waals surface area contributed by atoms with Crippen LogP contribution in [-0.2, 0) is 9.53 Å². The quantitative estimate of drug-likeness (QED) is 0.357. The van der Waals surface area contributed by atoms with Gasteiger partial charge in [-0.1, -0.05) is 13.0 Å². The van der Waals surface area contributed by atoms with Gasteiger partial charge in [-0.25, -0.2) is 4.79 Å². The van der Waals surface area contributed by atoms with Crippen molar-refractivity contribution < 1.29 is 19.7 Å². The smallest absolute Gasteiger partial charge is 0.330 e. The van der Waals surface area contributed by atoms with Gasteiger partial charge in [0.2, 0.25) is 0 Å². The lowest BCUT2D eigenvalue weighted by molar-refractivity contribution is -0.137. The Labute approximate surface area is 96.9 Å². The van der Waals surface area contributed by atoms with Gasteiger partial charge in [-0.2, -0.15) is 0 Å². The lowest BCUT2D eigenvalue weighted by atomic mass is 10.1. The molecule has 0 spiro atoms. The van der Waals surface area contributed by atoms with Crippen LogP contribution in [0.4, 0.5) is 0 Å². The maximum absolute atomic E-state index is 10.7. The number of aliphatic hydroxyl groups is 2. The Morgan fingerprint density at radius 3 is 2.62 bits per heavy atom. The van der Waals surface area contributed by atoms with Gasteiger partial charge in [0.25, 0.3) is 0 Å². The molecule has 4 nitrogen and oxygen atoms in total. The average molecular weight is 230 g/mol. The van der Waals surface area contributed by atoms with Gasteiger partial charge in [0.05, 0.1) is 18.8 Å². The Bertz CT molecular complexity index is 201. The molecule has 0 heterocycles. The third-order valence-electron chi connectivity index (χ3n) is 2.21. The monoisotopic (exact) mass is 230 g/mol. The number of hydrogen-bond acceptors (Lipinski definition) is 4. The van der Waals surface area contributed by atoms with Crippen molar-refractivity contribution in [1.82, 2.24) is 0 Å². The molecule has 0 radical (unpaired) electrons. The summed E-state index contributed by atoms with van der Waals surface area (Å²) < 4.78 is 4.80. The van der Waals surface area contributed by atoms with Crippen molar-refractivity contribution in [2.75, 3.05) is 6.61 Å². The summed E-state index contributed by atoms with van der Waals surface area (Å²) in [4.78, 5) is 10.7. The fourth-order valence-electron chi connectivity index (χ4n) is 1.40. The maximum atomic E-state index is 10.7. The van der Waals surface area contributed by atoms with Gasteiger partial charge in [0.1, 0.15) is 0 Å². The minimum atomic E-state index is -0.455. The molecule has 2 N–H and O–H groups in total. The van der Waals surface area contributed by atoms with Crippen LogP contribution in [0.1, 0.15) is 39.0 Å². The standard InChI is InChI=1S/C12H22O4/c1-3-12(15)16-8-6-4-5-7-11(14)9-10(2)13/h3,10-11,13-14H,1,4-9H2,2H3. The van der Waals surface area contributed by atoms with Gasteiger partial charge in [0.15, 0.2) is 0 Å². The summed E-state index contributed by atoms with van der Waals surface area (Å²) in [6, 6.07) is 0. The molecule has 2 atom stereocenters. The van der Waals surface area contributed by atoms with E-state index in [0.29, 0.717) is 19.4 Å². The Hall–Kier alpha value is -0.870. The first kappa shape index (κ1) is 15.1. The second-order valence-corrected chi connectivity index (χ2v) is 3.96. The molecule has 0 aliphatic carbocycles. The number of aliphatic hydroxyl groups excluding tert-OH is 2. The first-order valence-electron chi connectivity index (χ1n) is 5.71. The Kier molecular flexibility index (Phi) is 8.85. The van der Waals surface area contributed by atoms with Crippen molar-refractivity contribution in [1.29, 1.82) is 0 Å². The van der Waals surface area contributed by atoms with Gasteiger partial charge in [-0.05, 0) is 32.6 Å². The van der Waals surface area contributed by atoms with Gasteiger partial charge in [0, 0.05) is 6.08 Å². The molecule has 0 bridgehead atoms. The molecule has 0 aromatic carbocycles. The fraction of sp³-hybridized carbons (Fsp3) is 0.750. The SMILES string of the molecule is C=CC(=O)OCCCCCC(O)CC(C)O. The van der Waals surface area contributed by atoms with E-state index in [1.165, 1.54) is 0 Å². The molecule has 0 aromatic heterocycles. The maximum Gasteiger partial charge on any atom is 0.330 e. The molecule has 94 valence electrons. The van der Waals surface area contributed by atoms with Crippen molar-refractivity contribution in [3.8, 4) is 0 Å². The van der Waals surface area contributed by atoms with E-state index in [1.54, 1.807) is 6.92 Å². The summed E-state index contributed by atoms with van der Waals surface area (Å²) in [6.45, 7) is 5.36. The molecular weight excluding hydrogens is 208 g/mol. The van der Waals surface area contributed by atoms with Crippen LogP contribution in [-0.4, -0.2) is 35.0 Å².